The van der Waals surface area contributed by atoms with Gasteiger partial charge in [0.25, 0.3) is 0 Å². The number of aromatic nitrogens is 3. The highest BCUT2D eigenvalue weighted by atomic mass is 35.5. The first-order chi connectivity index (χ1) is 10.5. The molecule has 0 aliphatic rings. The van der Waals surface area contributed by atoms with Gasteiger partial charge in [-0.3, -0.25) is 4.79 Å². The zero-order chi connectivity index (χ0) is 16.1. The van der Waals surface area contributed by atoms with E-state index < -0.39 is 0 Å². The van der Waals surface area contributed by atoms with E-state index in [9.17, 15) is 4.79 Å². The van der Waals surface area contributed by atoms with Gasteiger partial charge >= 0.3 is 0 Å². The molecule has 22 heavy (non-hydrogen) atoms. The number of nitrogens with one attached hydrogen (secondary N) is 1. The number of halogens is 2. The normalized spacial score (nSPS) is 12.0. The van der Waals surface area contributed by atoms with Crippen LogP contribution in [0.4, 0.5) is 5.69 Å². The SMILES string of the molecule is C=CCn1cnnc1S[C@@H](C)C(=O)Nc1c(Cl)cccc1Cl. The molecule has 0 saturated carbocycles. The van der Waals surface area contributed by atoms with E-state index in [0.29, 0.717) is 27.4 Å². The molecule has 0 bridgehead atoms. The highest BCUT2D eigenvalue weighted by Crippen LogP contribution is 2.31. The fourth-order valence-corrected chi connectivity index (χ4v) is 2.98. The topological polar surface area (TPSA) is 59.8 Å². The lowest BCUT2D eigenvalue weighted by molar-refractivity contribution is -0.115. The van der Waals surface area contributed by atoms with Crippen molar-refractivity contribution in [3.05, 3.63) is 47.2 Å². The molecule has 1 aromatic heterocycles. The summed E-state index contributed by atoms with van der Waals surface area (Å²) >= 11 is 13.4. The fourth-order valence-electron chi connectivity index (χ4n) is 1.65. The standard InChI is InChI=1S/C14H14Cl2N4OS/c1-3-7-20-8-17-19-14(20)22-9(2)13(21)18-12-10(15)5-4-6-11(12)16/h3-6,8-9H,1,7H2,2H3,(H,18,21)/t9-/m0/s1. The van der Waals surface area contributed by atoms with Crippen molar-refractivity contribution in [3.8, 4) is 0 Å². The molecule has 1 amide bonds. The van der Waals surface area contributed by atoms with Crippen LogP contribution in [0.3, 0.4) is 0 Å². The van der Waals surface area contributed by atoms with Crippen LogP contribution in [-0.4, -0.2) is 25.9 Å². The van der Waals surface area contributed by atoms with Crippen LogP contribution in [0.2, 0.25) is 10.0 Å². The van der Waals surface area contributed by atoms with E-state index >= 15 is 0 Å². The molecule has 0 unspecified atom stereocenters. The maximum Gasteiger partial charge on any atom is 0.237 e. The van der Waals surface area contributed by atoms with Gasteiger partial charge in [-0.1, -0.05) is 47.1 Å². The molecule has 116 valence electrons. The number of hydrogen-bond acceptors (Lipinski definition) is 4. The molecule has 2 rings (SSSR count). The van der Waals surface area contributed by atoms with Crippen molar-refractivity contribution in [2.24, 2.45) is 0 Å². The van der Waals surface area contributed by atoms with Crippen LogP contribution in [0.25, 0.3) is 0 Å². The second kappa shape index (κ2) is 7.67. The molecule has 1 N–H and O–H groups in total. The fraction of sp³-hybridized carbons (Fsp3) is 0.214. The minimum Gasteiger partial charge on any atom is -0.323 e. The molecule has 1 heterocycles. The van der Waals surface area contributed by atoms with E-state index in [0.717, 1.165) is 0 Å². The Hall–Kier alpha value is -1.50. The van der Waals surface area contributed by atoms with Crippen molar-refractivity contribution in [1.82, 2.24) is 14.8 Å². The maximum absolute atomic E-state index is 12.3. The number of anilines is 1. The van der Waals surface area contributed by atoms with E-state index in [-0.39, 0.29) is 11.2 Å². The smallest absolute Gasteiger partial charge is 0.237 e. The van der Waals surface area contributed by atoms with Crippen LogP contribution in [-0.2, 0) is 11.3 Å². The van der Waals surface area contributed by atoms with Crippen LogP contribution in [0.5, 0.6) is 0 Å². The number of carbonyl (C=O) groups excluding carboxylic acids is 1. The summed E-state index contributed by atoms with van der Waals surface area (Å²) in [5.74, 6) is -0.215. The molecule has 0 fully saturated rings. The van der Waals surface area contributed by atoms with Crippen molar-refractivity contribution in [1.29, 1.82) is 0 Å². The molecular weight excluding hydrogens is 343 g/mol. The van der Waals surface area contributed by atoms with E-state index in [4.69, 9.17) is 23.2 Å². The average Bonchev–Trinajstić information content (AvgIpc) is 2.90. The van der Waals surface area contributed by atoms with Crippen molar-refractivity contribution >= 4 is 46.6 Å². The van der Waals surface area contributed by atoms with Gasteiger partial charge in [0.1, 0.15) is 6.33 Å². The van der Waals surface area contributed by atoms with Gasteiger partial charge in [-0.15, -0.1) is 16.8 Å². The Morgan fingerprint density at radius 3 is 2.82 bits per heavy atom. The minimum atomic E-state index is -0.389. The lowest BCUT2D eigenvalue weighted by atomic mass is 10.3. The maximum atomic E-state index is 12.3. The van der Waals surface area contributed by atoms with Crippen LogP contribution < -0.4 is 5.32 Å². The Labute approximate surface area is 142 Å². The number of hydrogen-bond donors (Lipinski definition) is 1. The summed E-state index contributed by atoms with van der Waals surface area (Å²) in [6.07, 6.45) is 3.33. The van der Waals surface area contributed by atoms with E-state index in [1.807, 2.05) is 4.57 Å². The lowest BCUT2D eigenvalue weighted by Crippen LogP contribution is -2.23. The molecule has 5 nitrogen and oxygen atoms in total. The summed E-state index contributed by atoms with van der Waals surface area (Å²) in [5, 5.41) is 11.6. The van der Waals surface area contributed by atoms with Crippen molar-refractivity contribution in [2.45, 2.75) is 23.9 Å². The average molecular weight is 357 g/mol. The molecule has 0 saturated heterocycles. The molecule has 1 aromatic carbocycles. The van der Waals surface area contributed by atoms with E-state index in [1.54, 1.807) is 37.5 Å². The molecule has 0 radical (unpaired) electrons. The summed E-state index contributed by atoms with van der Waals surface area (Å²) in [5.41, 5.74) is 0.413. The van der Waals surface area contributed by atoms with Crippen LogP contribution in [0.15, 0.2) is 42.3 Å². The number of para-hydroxylation sites is 1. The number of rotatable bonds is 6. The number of amides is 1. The van der Waals surface area contributed by atoms with Gasteiger partial charge in [-0.25, -0.2) is 0 Å². The highest BCUT2D eigenvalue weighted by Gasteiger charge is 2.19. The molecular formula is C14H14Cl2N4OS. The zero-order valence-corrected chi connectivity index (χ0v) is 14.1. The summed E-state index contributed by atoms with van der Waals surface area (Å²) < 4.78 is 1.81. The van der Waals surface area contributed by atoms with E-state index in [2.05, 4.69) is 22.1 Å². The molecule has 8 heteroatoms. The van der Waals surface area contributed by atoms with Gasteiger partial charge in [0, 0.05) is 6.54 Å². The Kier molecular flexibility index (Phi) is 5.88. The Morgan fingerprint density at radius 2 is 2.18 bits per heavy atom. The number of allylic oxidation sites excluding steroid dienone is 1. The second-order valence-corrected chi connectivity index (χ2v) is 6.52. The number of nitrogens with zero attached hydrogens (tertiary/aromatic N) is 3. The van der Waals surface area contributed by atoms with Gasteiger partial charge in [-0.05, 0) is 19.1 Å². The van der Waals surface area contributed by atoms with Crippen molar-refractivity contribution in [3.63, 3.8) is 0 Å². The molecule has 0 aliphatic heterocycles. The molecule has 1 atom stereocenters. The van der Waals surface area contributed by atoms with Crippen LogP contribution in [0.1, 0.15) is 6.92 Å². The Morgan fingerprint density at radius 1 is 1.50 bits per heavy atom. The largest absolute Gasteiger partial charge is 0.323 e. The van der Waals surface area contributed by atoms with Gasteiger partial charge < -0.3 is 9.88 Å². The van der Waals surface area contributed by atoms with Gasteiger partial charge in [0.2, 0.25) is 5.91 Å². The Balaban J connectivity index is 2.06. The summed E-state index contributed by atoms with van der Waals surface area (Å²) in [7, 11) is 0. The zero-order valence-electron chi connectivity index (χ0n) is 11.8. The van der Waals surface area contributed by atoms with Gasteiger partial charge in [-0.2, -0.15) is 0 Å². The predicted octanol–water partition coefficient (Wildman–Crippen LogP) is 3.89. The first kappa shape index (κ1) is 16.9. The van der Waals surface area contributed by atoms with Crippen LogP contribution in [0, 0.1) is 0 Å². The number of carbonyl (C=O) groups is 1. The third-order valence-corrected chi connectivity index (χ3v) is 4.49. The summed E-state index contributed by atoms with van der Waals surface area (Å²) in [6, 6.07) is 5.05. The highest BCUT2D eigenvalue weighted by molar-refractivity contribution is 8.00. The number of benzene rings is 1. The first-order valence-corrected chi connectivity index (χ1v) is 8.06. The molecule has 0 spiro atoms. The van der Waals surface area contributed by atoms with Crippen LogP contribution >= 0.6 is 35.0 Å². The Bertz CT molecular complexity index is 669. The van der Waals surface area contributed by atoms with Crippen molar-refractivity contribution < 1.29 is 4.79 Å². The number of thioether (sulfide) groups is 1. The monoisotopic (exact) mass is 356 g/mol. The van der Waals surface area contributed by atoms with Crippen molar-refractivity contribution in [2.75, 3.05) is 5.32 Å². The minimum absolute atomic E-state index is 0.215. The molecule has 0 aliphatic carbocycles. The third-order valence-electron chi connectivity index (χ3n) is 2.77. The second-order valence-electron chi connectivity index (χ2n) is 4.40. The quantitative estimate of drug-likeness (QED) is 0.629. The molecule has 2 aromatic rings. The lowest BCUT2D eigenvalue weighted by Gasteiger charge is -2.13. The summed E-state index contributed by atoms with van der Waals surface area (Å²) in [4.78, 5) is 12.3. The first-order valence-electron chi connectivity index (χ1n) is 6.43. The van der Waals surface area contributed by atoms with Gasteiger partial charge in [0.15, 0.2) is 5.16 Å². The third kappa shape index (κ3) is 4.03. The van der Waals surface area contributed by atoms with Gasteiger partial charge in [0.05, 0.1) is 21.0 Å². The summed E-state index contributed by atoms with van der Waals surface area (Å²) in [6.45, 7) is 6.03. The predicted molar refractivity (Wildman–Crippen MR) is 90.6 cm³/mol. The van der Waals surface area contributed by atoms with E-state index in [1.165, 1.54) is 11.8 Å².